The molecule has 0 unspecified atom stereocenters. The fourth-order valence-electron chi connectivity index (χ4n) is 4.09. The van der Waals surface area contributed by atoms with Crippen LogP contribution < -0.4 is 10.3 Å². The Hall–Kier alpha value is -4.39. The van der Waals surface area contributed by atoms with Gasteiger partial charge in [-0.2, -0.15) is 9.78 Å². The minimum Gasteiger partial charge on any atom is -0.487 e. The van der Waals surface area contributed by atoms with Crippen LogP contribution in [0.2, 0.25) is 10.0 Å². The average Bonchev–Trinajstić information content (AvgIpc) is 3.37. The number of fused-ring (bicyclic) bond motifs is 2. The van der Waals surface area contributed by atoms with E-state index in [-0.39, 0.29) is 12.2 Å². The van der Waals surface area contributed by atoms with Crippen molar-refractivity contribution in [1.82, 2.24) is 9.66 Å². The summed E-state index contributed by atoms with van der Waals surface area (Å²) in [5.74, 6) is 1.25. The number of aromatic nitrogens is 2. The zero-order chi connectivity index (χ0) is 26.1. The standard InChI is InChI=1S/C30H19Cl2N3O3/c31-23-10-4-1-8-21(23)18-37-27-14-13-19(15-24(27)32)17-33-35-29(28-16-20-7-2-6-12-26(20)38-28)34-25-11-5-3-9-22(25)30(35)36/h1-17H,18H2. The van der Waals surface area contributed by atoms with E-state index < -0.39 is 0 Å². The maximum atomic E-state index is 13.4. The molecule has 2 aromatic heterocycles. The Balaban J connectivity index is 1.35. The van der Waals surface area contributed by atoms with Crippen LogP contribution in [0.25, 0.3) is 33.5 Å². The summed E-state index contributed by atoms with van der Waals surface area (Å²) in [7, 11) is 0. The van der Waals surface area contributed by atoms with E-state index in [2.05, 4.69) is 5.10 Å². The third-order valence-electron chi connectivity index (χ3n) is 6.02. The molecule has 4 aromatic carbocycles. The lowest BCUT2D eigenvalue weighted by atomic mass is 10.2. The van der Waals surface area contributed by atoms with Gasteiger partial charge in [-0.05, 0) is 54.1 Å². The van der Waals surface area contributed by atoms with Crippen molar-refractivity contribution in [3.05, 3.63) is 129 Å². The number of hydrogen-bond donors (Lipinski definition) is 0. The van der Waals surface area contributed by atoms with E-state index in [0.717, 1.165) is 10.9 Å². The fourth-order valence-corrected chi connectivity index (χ4v) is 4.53. The van der Waals surface area contributed by atoms with E-state index in [4.69, 9.17) is 37.3 Å². The largest absolute Gasteiger partial charge is 0.487 e. The fraction of sp³-hybridized carbons (Fsp3) is 0.0333. The number of furan rings is 1. The van der Waals surface area contributed by atoms with Gasteiger partial charge >= 0.3 is 0 Å². The predicted molar refractivity (Wildman–Crippen MR) is 151 cm³/mol. The van der Waals surface area contributed by atoms with Gasteiger partial charge in [-0.15, -0.1) is 0 Å². The van der Waals surface area contributed by atoms with Gasteiger partial charge in [0.15, 0.2) is 5.76 Å². The summed E-state index contributed by atoms with van der Waals surface area (Å²) in [6.07, 6.45) is 1.55. The minimum absolute atomic E-state index is 0.284. The number of nitrogens with zero attached hydrogens (tertiary/aromatic N) is 3. The summed E-state index contributed by atoms with van der Waals surface area (Å²) in [5, 5.41) is 6.87. The van der Waals surface area contributed by atoms with E-state index in [0.29, 0.717) is 49.4 Å². The topological polar surface area (TPSA) is 69.6 Å². The van der Waals surface area contributed by atoms with Gasteiger partial charge in [-0.3, -0.25) is 4.79 Å². The Morgan fingerprint density at radius 1 is 0.895 bits per heavy atom. The maximum absolute atomic E-state index is 13.4. The van der Waals surface area contributed by atoms with E-state index >= 15 is 0 Å². The molecule has 0 aliphatic heterocycles. The van der Waals surface area contributed by atoms with Crippen molar-refractivity contribution in [3.8, 4) is 17.3 Å². The predicted octanol–water partition coefficient (Wildman–Crippen LogP) is 7.58. The van der Waals surface area contributed by atoms with Crippen molar-refractivity contribution in [2.75, 3.05) is 0 Å². The van der Waals surface area contributed by atoms with Crippen LogP contribution in [0.15, 0.2) is 111 Å². The van der Waals surface area contributed by atoms with Gasteiger partial charge in [0.2, 0.25) is 5.82 Å². The molecular weight excluding hydrogens is 521 g/mol. The summed E-state index contributed by atoms with van der Waals surface area (Å²) in [5.41, 5.74) is 2.48. The molecule has 0 amide bonds. The van der Waals surface area contributed by atoms with Gasteiger partial charge in [-0.1, -0.05) is 71.7 Å². The SMILES string of the molecule is O=c1c2ccccc2nc(-c2cc3ccccc3o2)n1N=Cc1ccc(OCc2ccccc2Cl)c(Cl)c1. The van der Waals surface area contributed by atoms with Gasteiger partial charge in [0.25, 0.3) is 5.56 Å². The van der Waals surface area contributed by atoms with Crippen LogP contribution in [-0.4, -0.2) is 15.9 Å². The van der Waals surface area contributed by atoms with Gasteiger partial charge in [0, 0.05) is 16.0 Å². The summed E-state index contributed by atoms with van der Waals surface area (Å²) in [6.45, 7) is 0.284. The molecule has 0 saturated carbocycles. The van der Waals surface area contributed by atoms with Gasteiger partial charge in [-0.25, -0.2) is 4.98 Å². The van der Waals surface area contributed by atoms with Crippen LogP contribution >= 0.6 is 23.2 Å². The monoisotopic (exact) mass is 539 g/mol. The van der Waals surface area contributed by atoms with Crippen molar-refractivity contribution >= 4 is 51.3 Å². The number of hydrogen-bond acceptors (Lipinski definition) is 5. The first-order valence-electron chi connectivity index (χ1n) is 11.8. The molecule has 0 fully saturated rings. The van der Waals surface area contributed by atoms with Gasteiger partial charge in [0.1, 0.15) is 17.9 Å². The van der Waals surface area contributed by atoms with Crippen LogP contribution in [-0.2, 0) is 6.61 Å². The molecule has 2 heterocycles. The second-order valence-corrected chi connectivity index (χ2v) is 9.35. The number of ether oxygens (including phenoxy) is 1. The molecule has 0 aliphatic carbocycles. The molecule has 6 rings (SSSR count). The smallest absolute Gasteiger partial charge is 0.282 e. The van der Waals surface area contributed by atoms with Crippen molar-refractivity contribution < 1.29 is 9.15 Å². The first-order valence-corrected chi connectivity index (χ1v) is 12.5. The minimum atomic E-state index is -0.312. The number of rotatable bonds is 6. The van der Waals surface area contributed by atoms with Crippen LogP contribution in [0.5, 0.6) is 5.75 Å². The lowest BCUT2D eigenvalue weighted by Crippen LogP contribution is -2.20. The maximum Gasteiger partial charge on any atom is 0.282 e. The van der Waals surface area contributed by atoms with E-state index in [1.807, 2.05) is 60.7 Å². The molecule has 6 aromatic rings. The van der Waals surface area contributed by atoms with Crippen LogP contribution in [0.3, 0.4) is 0 Å². The third-order valence-corrected chi connectivity index (χ3v) is 6.68. The molecule has 186 valence electrons. The summed E-state index contributed by atoms with van der Waals surface area (Å²) >= 11 is 12.7. The second-order valence-electron chi connectivity index (χ2n) is 8.53. The summed E-state index contributed by atoms with van der Waals surface area (Å²) in [6, 6.07) is 29.3. The molecule has 0 radical (unpaired) electrons. The molecule has 8 heteroatoms. The molecule has 0 atom stereocenters. The van der Waals surface area contributed by atoms with E-state index in [1.165, 1.54) is 4.68 Å². The lowest BCUT2D eigenvalue weighted by molar-refractivity contribution is 0.306. The molecule has 0 aliphatic rings. The lowest BCUT2D eigenvalue weighted by Gasteiger charge is -2.10. The van der Waals surface area contributed by atoms with Gasteiger partial charge in [0.05, 0.1) is 22.1 Å². The van der Waals surface area contributed by atoms with Crippen molar-refractivity contribution in [3.63, 3.8) is 0 Å². The van der Waals surface area contributed by atoms with E-state index in [1.54, 1.807) is 42.6 Å². The summed E-state index contributed by atoms with van der Waals surface area (Å²) < 4.78 is 13.1. The molecule has 6 nitrogen and oxygen atoms in total. The van der Waals surface area contributed by atoms with Gasteiger partial charge < -0.3 is 9.15 Å². The first kappa shape index (κ1) is 24.0. The molecule has 0 spiro atoms. The number of para-hydroxylation sites is 2. The van der Waals surface area contributed by atoms with Crippen LogP contribution in [0.4, 0.5) is 0 Å². The van der Waals surface area contributed by atoms with Crippen LogP contribution in [0, 0.1) is 0 Å². The highest BCUT2D eigenvalue weighted by Gasteiger charge is 2.16. The molecule has 0 saturated heterocycles. The highest BCUT2D eigenvalue weighted by Crippen LogP contribution is 2.28. The Kier molecular flexibility index (Phi) is 6.42. The highest BCUT2D eigenvalue weighted by molar-refractivity contribution is 6.32. The molecule has 0 bridgehead atoms. The second kappa shape index (κ2) is 10.2. The quantitative estimate of drug-likeness (QED) is 0.204. The van der Waals surface area contributed by atoms with Crippen molar-refractivity contribution in [2.45, 2.75) is 6.61 Å². The number of benzene rings is 4. The number of halogens is 2. The molecular formula is C30H19Cl2N3O3. The van der Waals surface area contributed by atoms with Crippen molar-refractivity contribution in [2.24, 2.45) is 5.10 Å². The normalized spacial score (nSPS) is 11.5. The Morgan fingerprint density at radius 3 is 2.53 bits per heavy atom. The summed E-state index contributed by atoms with van der Waals surface area (Å²) in [4.78, 5) is 18.1. The van der Waals surface area contributed by atoms with E-state index in [9.17, 15) is 4.79 Å². The highest BCUT2D eigenvalue weighted by atomic mass is 35.5. The third kappa shape index (κ3) is 4.67. The molecule has 0 N–H and O–H groups in total. The average molecular weight is 540 g/mol. The zero-order valence-electron chi connectivity index (χ0n) is 19.8. The Bertz CT molecular complexity index is 1860. The Labute approximate surface area is 227 Å². The molecule has 38 heavy (non-hydrogen) atoms. The first-order chi connectivity index (χ1) is 18.6. The van der Waals surface area contributed by atoms with Crippen LogP contribution in [0.1, 0.15) is 11.1 Å². The zero-order valence-corrected chi connectivity index (χ0v) is 21.4. The Morgan fingerprint density at radius 2 is 1.68 bits per heavy atom. The van der Waals surface area contributed by atoms with Crippen molar-refractivity contribution in [1.29, 1.82) is 0 Å².